The van der Waals surface area contributed by atoms with Crippen LogP contribution in [-0.4, -0.2) is 52.0 Å². The Kier molecular flexibility index (Phi) is 2.55. The van der Waals surface area contributed by atoms with Gasteiger partial charge in [-0.3, -0.25) is 4.79 Å². The van der Waals surface area contributed by atoms with Gasteiger partial charge < -0.3 is 19.9 Å². The van der Waals surface area contributed by atoms with E-state index in [0.717, 1.165) is 5.69 Å². The van der Waals surface area contributed by atoms with E-state index in [4.69, 9.17) is 5.11 Å². The van der Waals surface area contributed by atoms with E-state index in [-0.39, 0.29) is 18.6 Å². The molecule has 2 heterocycles. The maximum atomic E-state index is 11.7. The van der Waals surface area contributed by atoms with E-state index < -0.39 is 5.97 Å². The molecule has 2 N–H and O–H groups in total. The van der Waals surface area contributed by atoms with Crippen LogP contribution in [0.4, 0.5) is 4.79 Å². The van der Waals surface area contributed by atoms with E-state index in [1.807, 2.05) is 12.1 Å². The molecule has 6 heteroatoms. The lowest BCUT2D eigenvalue weighted by Gasteiger charge is -2.16. The molecule has 0 saturated carbocycles. The van der Waals surface area contributed by atoms with Gasteiger partial charge >= 0.3 is 12.0 Å². The second-order valence-corrected chi connectivity index (χ2v) is 3.81. The van der Waals surface area contributed by atoms with Crippen molar-refractivity contribution in [2.24, 2.45) is 0 Å². The molecule has 2 rings (SSSR count). The summed E-state index contributed by atoms with van der Waals surface area (Å²) in [6, 6.07) is 3.40. The maximum absolute atomic E-state index is 11.7. The first-order chi connectivity index (χ1) is 7.59. The largest absolute Gasteiger partial charge is 0.480 e. The van der Waals surface area contributed by atoms with Crippen LogP contribution in [0, 0.1) is 0 Å². The van der Waals surface area contributed by atoms with E-state index in [0.29, 0.717) is 6.54 Å². The number of urea groups is 1. The number of carboxylic acid groups (broad SMARTS) is 1. The van der Waals surface area contributed by atoms with Crippen LogP contribution in [0.25, 0.3) is 0 Å². The summed E-state index contributed by atoms with van der Waals surface area (Å²) < 4.78 is 0. The normalized spacial score (nSPS) is 20.6. The summed E-state index contributed by atoms with van der Waals surface area (Å²) in [5, 5.41) is 8.67. The molecule has 6 nitrogen and oxygen atoms in total. The highest BCUT2D eigenvalue weighted by Gasteiger charge is 2.36. The Morgan fingerprint density at radius 1 is 1.69 bits per heavy atom. The summed E-state index contributed by atoms with van der Waals surface area (Å²) >= 11 is 0. The predicted molar refractivity (Wildman–Crippen MR) is 55.9 cm³/mol. The van der Waals surface area contributed by atoms with E-state index in [2.05, 4.69) is 4.98 Å². The minimum Gasteiger partial charge on any atom is -0.480 e. The van der Waals surface area contributed by atoms with Crippen molar-refractivity contribution >= 4 is 12.0 Å². The van der Waals surface area contributed by atoms with E-state index >= 15 is 0 Å². The lowest BCUT2D eigenvalue weighted by atomic mass is 10.2. The van der Waals surface area contributed by atoms with E-state index in [9.17, 15) is 9.59 Å². The molecular weight excluding hydrogens is 210 g/mol. The number of carbonyl (C=O) groups excluding carboxylic acids is 1. The molecule has 0 spiro atoms. The maximum Gasteiger partial charge on any atom is 0.323 e. The fraction of sp³-hybridized carbons (Fsp3) is 0.400. The number of aromatic amines is 1. The molecule has 0 bridgehead atoms. The number of rotatable bonds is 3. The Labute approximate surface area is 92.5 Å². The first kappa shape index (κ1) is 10.5. The number of nitrogens with one attached hydrogen (secondary N) is 1. The molecule has 1 fully saturated rings. The quantitative estimate of drug-likeness (QED) is 0.783. The Morgan fingerprint density at radius 3 is 3.00 bits per heavy atom. The van der Waals surface area contributed by atoms with Crippen LogP contribution in [-0.2, 0) is 4.79 Å². The van der Waals surface area contributed by atoms with Crippen molar-refractivity contribution in [2.45, 2.75) is 6.04 Å². The van der Waals surface area contributed by atoms with Gasteiger partial charge in [-0.1, -0.05) is 0 Å². The lowest BCUT2D eigenvalue weighted by molar-refractivity contribution is -0.137. The Balaban J connectivity index is 2.14. The lowest BCUT2D eigenvalue weighted by Crippen LogP contribution is -2.33. The number of hydrogen-bond donors (Lipinski definition) is 2. The van der Waals surface area contributed by atoms with Gasteiger partial charge in [0.2, 0.25) is 0 Å². The third-order valence-electron chi connectivity index (χ3n) is 2.74. The second-order valence-electron chi connectivity index (χ2n) is 3.81. The summed E-state index contributed by atoms with van der Waals surface area (Å²) in [5.74, 6) is -0.992. The number of hydrogen-bond acceptors (Lipinski definition) is 2. The fourth-order valence-corrected chi connectivity index (χ4v) is 1.92. The molecule has 1 saturated heterocycles. The average Bonchev–Trinajstić information content (AvgIpc) is 2.81. The molecule has 86 valence electrons. The van der Waals surface area contributed by atoms with Crippen molar-refractivity contribution in [1.82, 2.24) is 14.8 Å². The fourth-order valence-electron chi connectivity index (χ4n) is 1.92. The van der Waals surface area contributed by atoms with Crippen molar-refractivity contribution in [3.05, 3.63) is 24.0 Å². The minimum atomic E-state index is -0.992. The molecule has 1 aromatic rings. The van der Waals surface area contributed by atoms with Crippen molar-refractivity contribution in [2.75, 3.05) is 20.1 Å². The monoisotopic (exact) mass is 223 g/mol. The van der Waals surface area contributed by atoms with E-state index in [1.54, 1.807) is 18.1 Å². The number of amides is 2. The molecule has 0 aliphatic carbocycles. The average molecular weight is 223 g/mol. The summed E-state index contributed by atoms with van der Waals surface area (Å²) in [6.07, 6.45) is 1.79. The van der Waals surface area contributed by atoms with Crippen LogP contribution in [0.1, 0.15) is 11.7 Å². The highest BCUT2D eigenvalue weighted by atomic mass is 16.4. The standard InChI is InChI=1S/C10H13N3O3/c1-12-8(7-3-2-4-11-7)5-13(10(12)16)6-9(14)15/h2-4,8,11H,5-6H2,1H3,(H,14,15). The van der Waals surface area contributed by atoms with Crippen molar-refractivity contribution < 1.29 is 14.7 Å². The number of H-pyrrole nitrogens is 1. The first-order valence-corrected chi connectivity index (χ1v) is 4.96. The number of aromatic nitrogens is 1. The van der Waals surface area contributed by atoms with Crippen LogP contribution >= 0.6 is 0 Å². The molecule has 1 aliphatic rings. The first-order valence-electron chi connectivity index (χ1n) is 4.96. The number of carboxylic acids is 1. The van der Waals surface area contributed by atoms with Gasteiger partial charge in [-0.2, -0.15) is 0 Å². The van der Waals surface area contributed by atoms with Gasteiger partial charge in [0.15, 0.2) is 0 Å². The smallest absolute Gasteiger partial charge is 0.323 e. The van der Waals surface area contributed by atoms with Crippen molar-refractivity contribution in [3.8, 4) is 0 Å². The summed E-state index contributed by atoms with van der Waals surface area (Å²) in [4.78, 5) is 28.2. The zero-order valence-electron chi connectivity index (χ0n) is 8.88. The third-order valence-corrected chi connectivity index (χ3v) is 2.74. The van der Waals surface area contributed by atoms with Gasteiger partial charge in [0.25, 0.3) is 0 Å². The van der Waals surface area contributed by atoms with E-state index in [1.165, 1.54) is 4.90 Å². The summed E-state index contributed by atoms with van der Waals surface area (Å²) in [6.45, 7) is 0.155. The third kappa shape index (κ3) is 1.73. The zero-order valence-corrected chi connectivity index (χ0v) is 8.88. The topological polar surface area (TPSA) is 76.6 Å². The molecule has 1 aromatic heterocycles. The molecule has 0 radical (unpaired) electrons. The van der Waals surface area contributed by atoms with Crippen LogP contribution in [0.15, 0.2) is 18.3 Å². The Morgan fingerprint density at radius 2 is 2.44 bits per heavy atom. The highest BCUT2D eigenvalue weighted by molar-refractivity contribution is 5.82. The Bertz CT molecular complexity index is 401. The number of nitrogens with zero attached hydrogens (tertiary/aromatic N) is 2. The Hall–Kier alpha value is -1.98. The highest BCUT2D eigenvalue weighted by Crippen LogP contribution is 2.26. The molecule has 0 aromatic carbocycles. The van der Waals surface area contributed by atoms with Gasteiger partial charge in [-0.15, -0.1) is 0 Å². The molecular formula is C10H13N3O3. The summed E-state index contributed by atoms with van der Waals surface area (Å²) in [5.41, 5.74) is 0.920. The van der Waals surface area contributed by atoms with Crippen molar-refractivity contribution in [3.63, 3.8) is 0 Å². The number of carbonyl (C=O) groups is 2. The number of likely N-dealkylation sites (N-methyl/N-ethyl adjacent to an activating group) is 1. The molecule has 2 amide bonds. The van der Waals surface area contributed by atoms with Gasteiger partial charge in [-0.05, 0) is 12.1 Å². The molecule has 1 unspecified atom stereocenters. The van der Waals surface area contributed by atoms with Crippen LogP contribution in [0.3, 0.4) is 0 Å². The SMILES string of the molecule is CN1C(=O)N(CC(=O)O)CC1c1ccc[nH]1. The van der Waals surface area contributed by atoms with Gasteiger partial charge in [0.05, 0.1) is 6.04 Å². The van der Waals surface area contributed by atoms with Crippen LogP contribution in [0.2, 0.25) is 0 Å². The zero-order chi connectivity index (χ0) is 11.7. The van der Waals surface area contributed by atoms with Crippen LogP contribution in [0.5, 0.6) is 0 Å². The van der Waals surface area contributed by atoms with Crippen LogP contribution < -0.4 is 0 Å². The second kappa shape index (κ2) is 3.88. The van der Waals surface area contributed by atoms with Gasteiger partial charge in [-0.25, -0.2) is 4.79 Å². The summed E-state index contributed by atoms with van der Waals surface area (Å²) in [7, 11) is 1.68. The van der Waals surface area contributed by atoms with Gasteiger partial charge in [0.1, 0.15) is 6.54 Å². The minimum absolute atomic E-state index is 0.0955. The van der Waals surface area contributed by atoms with Crippen molar-refractivity contribution in [1.29, 1.82) is 0 Å². The molecule has 16 heavy (non-hydrogen) atoms. The van der Waals surface area contributed by atoms with Gasteiger partial charge in [0, 0.05) is 25.5 Å². The molecule has 1 atom stereocenters. The predicted octanol–water partition coefficient (Wildman–Crippen LogP) is 0.508. The molecule has 1 aliphatic heterocycles. The number of aliphatic carboxylic acids is 1.